The fourth-order valence-corrected chi connectivity index (χ4v) is 0.876. The number of carbonyl (C=O) groups excluding carboxylic acids is 1. The van der Waals surface area contributed by atoms with Crippen molar-refractivity contribution in [3.05, 3.63) is 29.8 Å². The van der Waals surface area contributed by atoms with Gasteiger partial charge in [0.05, 0.1) is 6.54 Å². The first kappa shape index (κ1) is 10.2. The number of nitrogens with two attached hydrogens (primary N) is 2. The molecule has 1 aromatic carbocycles. The number of nitrogens with one attached hydrogen (secondary N) is 1. The van der Waals surface area contributed by atoms with Gasteiger partial charge in [0, 0.05) is 5.56 Å². The van der Waals surface area contributed by atoms with Crippen LogP contribution in [0.25, 0.3) is 0 Å². The van der Waals surface area contributed by atoms with Gasteiger partial charge in [0.15, 0.2) is 0 Å². The van der Waals surface area contributed by atoms with E-state index in [2.05, 4.69) is 0 Å². The minimum absolute atomic E-state index is 0.0262. The number of esters is 1. The molecule has 1 rings (SSSR count). The molecule has 14 heavy (non-hydrogen) atoms. The van der Waals surface area contributed by atoms with Crippen molar-refractivity contribution in [2.75, 3.05) is 6.54 Å². The van der Waals surface area contributed by atoms with Crippen LogP contribution in [0.4, 0.5) is 0 Å². The van der Waals surface area contributed by atoms with E-state index in [4.69, 9.17) is 21.6 Å². The first-order chi connectivity index (χ1) is 6.63. The molecular formula is C9H11N3O2. The molecule has 0 unspecified atom stereocenters. The Balaban J connectivity index is 2.73. The maximum absolute atomic E-state index is 10.8. The average Bonchev–Trinajstić information content (AvgIpc) is 2.18. The van der Waals surface area contributed by atoms with Crippen LogP contribution in [0, 0.1) is 5.41 Å². The molecule has 0 spiro atoms. The summed E-state index contributed by atoms with van der Waals surface area (Å²) in [5.41, 5.74) is 10.9. The molecule has 5 nitrogen and oxygen atoms in total. The Hall–Kier alpha value is -1.88. The zero-order chi connectivity index (χ0) is 10.6. The van der Waals surface area contributed by atoms with Crippen LogP contribution in [0.5, 0.6) is 5.75 Å². The molecule has 0 radical (unpaired) electrons. The lowest BCUT2D eigenvalue weighted by Crippen LogP contribution is -2.19. The lowest BCUT2D eigenvalue weighted by atomic mass is 10.2. The van der Waals surface area contributed by atoms with Gasteiger partial charge < -0.3 is 16.2 Å². The van der Waals surface area contributed by atoms with Crippen LogP contribution in [0.2, 0.25) is 0 Å². The highest BCUT2D eigenvalue weighted by Gasteiger charge is 2.02. The molecule has 0 heterocycles. The van der Waals surface area contributed by atoms with Crippen LogP contribution in [-0.2, 0) is 4.79 Å². The van der Waals surface area contributed by atoms with E-state index in [-0.39, 0.29) is 12.4 Å². The maximum Gasteiger partial charge on any atom is 0.325 e. The number of nitrogen functional groups attached to an aromatic ring is 1. The monoisotopic (exact) mass is 193 g/mol. The minimum atomic E-state index is -0.499. The second kappa shape index (κ2) is 4.38. The second-order valence-electron chi connectivity index (χ2n) is 2.62. The van der Waals surface area contributed by atoms with E-state index >= 15 is 0 Å². The summed E-state index contributed by atoms with van der Waals surface area (Å²) in [6, 6.07) is 6.32. The zero-order valence-corrected chi connectivity index (χ0v) is 7.49. The fourth-order valence-electron chi connectivity index (χ4n) is 0.876. The summed E-state index contributed by atoms with van der Waals surface area (Å²) in [5, 5.41) is 7.13. The molecule has 5 N–H and O–H groups in total. The number of hydrogen-bond acceptors (Lipinski definition) is 4. The highest BCUT2D eigenvalue weighted by atomic mass is 16.5. The van der Waals surface area contributed by atoms with Crippen molar-refractivity contribution in [1.29, 1.82) is 5.41 Å². The Bertz CT molecular complexity index is 346. The summed E-state index contributed by atoms with van der Waals surface area (Å²) in [6.45, 7) is -0.158. The van der Waals surface area contributed by atoms with Gasteiger partial charge in [-0.1, -0.05) is 0 Å². The van der Waals surface area contributed by atoms with E-state index in [1.54, 1.807) is 24.3 Å². The van der Waals surface area contributed by atoms with Crippen LogP contribution in [0.15, 0.2) is 24.3 Å². The van der Waals surface area contributed by atoms with Crippen LogP contribution >= 0.6 is 0 Å². The largest absolute Gasteiger partial charge is 0.426 e. The van der Waals surface area contributed by atoms with Crippen LogP contribution in [-0.4, -0.2) is 18.3 Å². The molecule has 74 valence electrons. The smallest absolute Gasteiger partial charge is 0.325 e. The third-order valence-electron chi connectivity index (χ3n) is 1.56. The molecule has 0 fully saturated rings. The van der Waals surface area contributed by atoms with E-state index in [9.17, 15) is 4.79 Å². The summed E-state index contributed by atoms with van der Waals surface area (Å²) in [5.74, 6) is -0.132. The molecule has 0 aliphatic carbocycles. The predicted molar refractivity (Wildman–Crippen MR) is 52.1 cm³/mol. The van der Waals surface area contributed by atoms with Crippen molar-refractivity contribution in [2.45, 2.75) is 0 Å². The van der Waals surface area contributed by atoms with Gasteiger partial charge in [0.2, 0.25) is 0 Å². The highest BCUT2D eigenvalue weighted by Crippen LogP contribution is 2.11. The Kier molecular flexibility index (Phi) is 3.19. The fraction of sp³-hybridized carbons (Fsp3) is 0.111. The van der Waals surface area contributed by atoms with E-state index < -0.39 is 5.97 Å². The van der Waals surface area contributed by atoms with E-state index in [0.717, 1.165) is 0 Å². The number of carbonyl (C=O) groups is 1. The third-order valence-corrected chi connectivity index (χ3v) is 1.56. The molecule has 1 aromatic rings. The Labute approximate surface area is 81.2 Å². The first-order valence-corrected chi connectivity index (χ1v) is 3.98. The van der Waals surface area contributed by atoms with Gasteiger partial charge in [-0.05, 0) is 24.3 Å². The molecule has 5 heteroatoms. The number of benzene rings is 1. The van der Waals surface area contributed by atoms with Crippen molar-refractivity contribution in [3.8, 4) is 5.75 Å². The molecule has 0 aromatic heterocycles. The topological polar surface area (TPSA) is 102 Å². The first-order valence-electron chi connectivity index (χ1n) is 3.98. The van der Waals surface area contributed by atoms with Gasteiger partial charge in [-0.2, -0.15) is 0 Å². The third kappa shape index (κ3) is 2.56. The van der Waals surface area contributed by atoms with Crippen LogP contribution in [0.3, 0.4) is 0 Å². The van der Waals surface area contributed by atoms with E-state index in [0.29, 0.717) is 11.3 Å². The number of hydrogen-bond donors (Lipinski definition) is 3. The molecule has 0 saturated carbocycles. The van der Waals surface area contributed by atoms with Crippen LogP contribution < -0.4 is 16.2 Å². The molecule has 0 saturated heterocycles. The van der Waals surface area contributed by atoms with Crippen molar-refractivity contribution < 1.29 is 9.53 Å². The van der Waals surface area contributed by atoms with E-state index in [1.807, 2.05) is 0 Å². The standard InChI is InChI=1S/C9H11N3O2/c10-5-8(13)14-7-3-1-6(2-4-7)9(11)12/h1-4H,5,10H2,(H3,11,12). The summed E-state index contributed by atoms with van der Waals surface area (Å²) in [6.07, 6.45) is 0. The Morgan fingerprint density at radius 3 is 2.36 bits per heavy atom. The quantitative estimate of drug-likeness (QED) is 0.268. The lowest BCUT2D eigenvalue weighted by Gasteiger charge is -2.03. The SMILES string of the molecule is N=C(N)c1ccc(OC(=O)CN)cc1. The number of ether oxygens (including phenoxy) is 1. The van der Waals surface area contributed by atoms with Crippen molar-refractivity contribution in [3.63, 3.8) is 0 Å². The average molecular weight is 193 g/mol. The van der Waals surface area contributed by atoms with Gasteiger partial charge in [0.25, 0.3) is 0 Å². The van der Waals surface area contributed by atoms with Crippen LogP contribution in [0.1, 0.15) is 5.56 Å². The number of amidine groups is 1. The molecule has 0 aliphatic heterocycles. The number of rotatable bonds is 3. The second-order valence-corrected chi connectivity index (χ2v) is 2.62. The minimum Gasteiger partial charge on any atom is -0.426 e. The summed E-state index contributed by atoms with van der Waals surface area (Å²) >= 11 is 0. The molecule has 0 bridgehead atoms. The van der Waals surface area contributed by atoms with Gasteiger partial charge in [-0.15, -0.1) is 0 Å². The summed E-state index contributed by atoms with van der Waals surface area (Å²) in [7, 11) is 0. The molecule has 0 atom stereocenters. The zero-order valence-electron chi connectivity index (χ0n) is 7.49. The van der Waals surface area contributed by atoms with Gasteiger partial charge in [-0.3, -0.25) is 10.2 Å². The molecule has 0 amide bonds. The van der Waals surface area contributed by atoms with Gasteiger partial charge >= 0.3 is 5.97 Å². The molecular weight excluding hydrogens is 182 g/mol. The van der Waals surface area contributed by atoms with Gasteiger partial charge in [0.1, 0.15) is 11.6 Å². The maximum atomic E-state index is 10.8. The summed E-state index contributed by atoms with van der Waals surface area (Å²) in [4.78, 5) is 10.8. The van der Waals surface area contributed by atoms with Crippen molar-refractivity contribution in [1.82, 2.24) is 0 Å². The Morgan fingerprint density at radius 2 is 1.93 bits per heavy atom. The molecule has 0 aliphatic rings. The Morgan fingerprint density at radius 1 is 1.36 bits per heavy atom. The van der Waals surface area contributed by atoms with Crippen molar-refractivity contribution in [2.24, 2.45) is 11.5 Å². The predicted octanol–water partition coefficient (Wildman–Crippen LogP) is -0.165. The lowest BCUT2D eigenvalue weighted by molar-refractivity contribution is -0.132. The summed E-state index contributed by atoms with van der Waals surface area (Å²) < 4.78 is 4.82. The normalized spacial score (nSPS) is 9.50. The highest BCUT2D eigenvalue weighted by molar-refractivity contribution is 5.95. The van der Waals surface area contributed by atoms with E-state index in [1.165, 1.54) is 0 Å². The van der Waals surface area contributed by atoms with Crippen molar-refractivity contribution >= 4 is 11.8 Å². The van der Waals surface area contributed by atoms with Gasteiger partial charge in [-0.25, -0.2) is 0 Å².